The topological polar surface area (TPSA) is 105 Å². The molecule has 0 aromatic rings. The van der Waals surface area contributed by atoms with Gasteiger partial charge in [0.2, 0.25) is 5.91 Å². The maximum absolute atomic E-state index is 12.8. The SMILES string of the molecule is CC/C=C\C/C=C\C/C=C\C/C=C\CCCCCCCCCCCCC(=O)NC(COP(=O)(O)OCC[N+](C)(C)C)C(O)/C=C/CC/C=C/CCC. The zero-order chi connectivity index (χ0) is 38.6. The second kappa shape index (κ2) is 34.7. The lowest BCUT2D eigenvalue weighted by Gasteiger charge is -2.25. The van der Waals surface area contributed by atoms with Gasteiger partial charge in [0.15, 0.2) is 0 Å². The molecule has 0 bridgehead atoms. The summed E-state index contributed by atoms with van der Waals surface area (Å²) in [5.74, 6) is -0.201. The molecule has 0 aromatic carbocycles. The molecule has 52 heavy (non-hydrogen) atoms. The van der Waals surface area contributed by atoms with Crippen LogP contribution in [0.3, 0.4) is 0 Å². The summed E-state index contributed by atoms with van der Waals surface area (Å²) in [5, 5.41) is 13.6. The van der Waals surface area contributed by atoms with Gasteiger partial charge in [0.05, 0.1) is 39.9 Å². The number of quaternary nitrogens is 1. The first-order valence-electron chi connectivity index (χ1n) is 20.3. The number of aliphatic hydroxyl groups is 1. The van der Waals surface area contributed by atoms with Gasteiger partial charge in [-0.1, -0.05) is 145 Å². The molecule has 0 aliphatic heterocycles. The fraction of sp³-hybridized carbons (Fsp3) is 0.698. The number of rotatable bonds is 35. The standard InChI is InChI=1S/C43H77N2O6P/c1-6-8-10-12-14-15-16-17-18-19-20-21-22-23-24-25-26-27-28-29-31-33-35-37-43(47)44-41(42(46)36-34-32-30-13-11-9-7-2)40-51-52(48,49)50-39-38-45(3,4)5/h8,10-11,13-15,17-18,20-21,34,36,41-42,46H,6-7,9,12,16,19,22-33,35,37-40H2,1-5H3,(H-,44,47,48,49)/p+1/b10-8-,13-11+,15-14-,18-17-,21-20-,36-34+. The molecule has 0 aliphatic rings. The zero-order valence-electron chi connectivity index (χ0n) is 33.8. The monoisotopic (exact) mass is 750 g/mol. The maximum atomic E-state index is 12.8. The summed E-state index contributed by atoms with van der Waals surface area (Å²) in [7, 11) is 1.53. The first-order valence-corrected chi connectivity index (χ1v) is 21.8. The molecular weight excluding hydrogens is 671 g/mol. The first kappa shape index (κ1) is 49.9. The van der Waals surface area contributed by atoms with Crippen molar-refractivity contribution < 1.29 is 32.9 Å². The molecule has 300 valence electrons. The maximum Gasteiger partial charge on any atom is 0.472 e. The average molecular weight is 750 g/mol. The van der Waals surface area contributed by atoms with E-state index in [1.54, 1.807) is 6.08 Å². The Labute approximate surface area is 319 Å². The molecule has 0 fully saturated rings. The predicted octanol–water partition coefficient (Wildman–Crippen LogP) is 10.9. The largest absolute Gasteiger partial charge is 0.472 e. The van der Waals surface area contributed by atoms with E-state index in [-0.39, 0.29) is 19.1 Å². The molecule has 0 saturated heterocycles. The molecule has 1 amide bonds. The summed E-state index contributed by atoms with van der Waals surface area (Å²) in [6, 6.07) is -0.865. The van der Waals surface area contributed by atoms with E-state index in [0.29, 0.717) is 17.4 Å². The van der Waals surface area contributed by atoms with Crippen LogP contribution in [-0.2, 0) is 18.4 Å². The van der Waals surface area contributed by atoms with Crippen LogP contribution in [0.1, 0.15) is 142 Å². The highest BCUT2D eigenvalue weighted by Crippen LogP contribution is 2.43. The van der Waals surface area contributed by atoms with E-state index in [9.17, 15) is 19.4 Å². The van der Waals surface area contributed by atoms with E-state index in [2.05, 4.69) is 79.9 Å². The molecule has 8 nitrogen and oxygen atoms in total. The van der Waals surface area contributed by atoms with Gasteiger partial charge in [-0.3, -0.25) is 13.8 Å². The Morgan fingerprint density at radius 2 is 1.17 bits per heavy atom. The molecule has 9 heteroatoms. The van der Waals surface area contributed by atoms with E-state index in [4.69, 9.17) is 9.05 Å². The van der Waals surface area contributed by atoms with Crippen molar-refractivity contribution in [1.82, 2.24) is 5.32 Å². The number of likely N-dealkylation sites (N-methyl/N-ethyl adjacent to an activating group) is 1. The molecule has 3 unspecified atom stereocenters. The van der Waals surface area contributed by atoms with Crippen molar-refractivity contribution in [1.29, 1.82) is 0 Å². The lowest BCUT2D eigenvalue weighted by Crippen LogP contribution is -2.45. The Kier molecular flexibility index (Phi) is 33.3. The number of unbranched alkanes of at least 4 members (excludes halogenated alkanes) is 12. The minimum atomic E-state index is -4.34. The Hall–Kier alpha value is -2.06. The summed E-state index contributed by atoms with van der Waals surface area (Å²) < 4.78 is 23.4. The van der Waals surface area contributed by atoms with Crippen LogP contribution in [0.25, 0.3) is 0 Å². The van der Waals surface area contributed by atoms with Gasteiger partial charge < -0.3 is 19.8 Å². The Bertz CT molecular complexity index is 1080. The molecule has 0 saturated carbocycles. The number of nitrogens with zero attached hydrogens (tertiary/aromatic N) is 1. The summed E-state index contributed by atoms with van der Waals surface area (Å²) in [5.41, 5.74) is 0. The number of hydrogen-bond donors (Lipinski definition) is 3. The summed E-state index contributed by atoms with van der Waals surface area (Å²) in [4.78, 5) is 22.9. The van der Waals surface area contributed by atoms with Crippen molar-refractivity contribution in [2.75, 3.05) is 40.9 Å². The lowest BCUT2D eigenvalue weighted by atomic mass is 10.0. The molecule has 3 atom stereocenters. The number of amides is 1. The number of carbonyl (C=O) groups is 1. The van der Waals surface area contributed by atoms with Crippen LogP contribution in [0, 0.1) is 0 Å². The Morgan fingerprint density at radius 3 is 1.75 bits per heavy atom. The van der Waals surface area contributed by atoms with Crippen LogP contribution in [0.5, 0.6) is 0 Å². The van der Waals surface area contributed by atoms with Crippen LogP contribution in [0.2, 0.25) is 0 Å². The third kappa shape index (κ3) is 36.3. The number of hydrogen-bond acceptors (Lipinski definition) is 5. The molecule has 0 spiro atoms. The molecule has 0 aromatic heterocycles. The molecule has 3 N–H and O–H groups in total. The van der Waals surface area contributed by atoms with Crippen LogP contribution in [-0.4, -0.2) is 73.4 Å². The van der Waals surface area contributed by atoms with Crippen molar-refractivity contribution in [3.8, 4) is 0 Å². The molecule has 0 aliphatic carbocycles. The number of aliphatic hydroxyl groups excluding tert-OH is 1. The van der Waals surface area contributed by atoms with Crippen molar-refractivity contribution in [2.45, 2.75) is 154 Å². The number of nitrogens with one attached hydrogen (secondary N) is 1. The van der Waals surface area contributed by atoms with E-state index in [0.717, 1.165) is 70.6 Å². The van der Waals surface area contributed by atoms with Gasteiger partial charge in [-0.15, -0.1) is 0 Å². The van der Waals surface area contributed by atoms with Crippen molar-refractivity contribution in [3.05, 3.63) is 72.9 Å². The third-order valence-electron chi connectivity index (χ3n) is 8.39. The number of carbonyl (C=O) groups excluding carboxylic acids is 1. The Morgan fingerprint density at radius 1 is 0.673 bits per heavy atom. The normalized spacial score (nSPS) is 15.3. The molecule has 0 rings (SSSR count). The minimum Gasteiger partial charge on any atom is -0.387 e. The summed E-state index contributed by atoms with van der Waals surface area (Å²) >= 11 is 0. The fourth-order valence-corrected chi connectivity index (χ4v) is 5.91. The highest BCUT2D eigenvalue weighted by atomic mass is 31.2. The number of phosphoric acid groups is 1. The van der Waals surface area contributed by atoms with E-state index >= 15 is 0 Å². The average Bonchev–Trinajstić information content (AvgIpc) is 3.09. The minimum absolute atomic E-state index is 0.0512. The highest BCUT2D eigenvalue weighted by molar-refractivity contribution is 7.47. The van der Waals surface area contributed by atoms with E-state index in [1.807, 2.05) is 27.2 Å². The molecular formula is C43H78N2O6P+. The second-order valence-corrected chi connectivity index (χ2v) is 16.1. The number of phosphoric ester groups is 1. The predicted molar refractivity (Wildman–Crippen MR) is 221 cm³/mol. The van der Waals surface area contributed by atoms with Gasteiger partial charge in [0, 0.05) is 6.42 Å². The molecule has 0 heterocycles. The highest BCUT2D eigenvalue weighted by Gasteiger charge is 2.27. The van der Waals surface area contributed by atoms with Gasteiger partial charge in [-0.05, 0) is 64.2 Å². The third-order valence-corrected chi connectivity index (χ3v) is 9.38. The number of allylic oxidation sites excluding steroid dienone is 11. The lowest BCUT2D eigenvalue weighted by molar-refractivity contribution is -0.870. The zero-order valence-corrected chi connectivity index (χ0v) is 34.7. The van der Waals surface area contributed by atoms with Gasteiger partial charge in [-0.25, -0.2) is 4.57 Å². The first-order chi connectivity index (χ1) is 25.0. The van der Waals surface area contributed by atoms with Crippen LogP contribution >= 0.6 is 7.82 Å². The van der Waals surface area contributed by atoms with Crippen molar-refractivity contribution >= 4 is 13.7 Å². The second-order valence-electron chi connectivity index (χ2n) is 14.6. The quantitative estimate of drug-likeness (QED) is 0.0258. The van der Waals surface area contributed by atoms with Gasteiger partial charge in [0.25, 0.3) is 0 Å². The van der Waals surface area contributed by atoms with E-state index in [1.165, 1.54) is 51.4 Å². The van der Waals surface area contributed by atoms with E-state index < -0.39 is 20.0 Å². The van der Waals surface area contributed by atoms with Gasteiger partial charge in [-0.2, -0.15) is 0 Å². The fourth-order valence-electron chi connectivity index (χ4n) is 5.17. The summed E-state index contributed by atoms with van der Waals surface area (Å²) in [6.45, 7) is 4.53. The van der Waals surface area contributed by atoms with Crippen LogP contribution in [0.4, 0.5) is 0 Å². The van der Waals surface area contributed by atoms with Gasteiger partial charge >= 0.3 is 7.82 Å². The van der Waals surface area contributed by atoms with Crippen molar-refractivity contribution in [3.63, 3.8) is 0 Å². The summed E-state index contributed by atoms with van der Waals surface area (Å²) in [6.07, 6.45) is 45.7. The van der Waals surface area contributed by atoms with Gasteiger partial charge in [0.1, 0.15) is 13.2 Å². The van der Waals surface area contributed by atoms with Crippen LogP contribution in [0.15, 0.2) is 72.9 Å². The Balaban J connectivity index is 4.24. The van der Waals surface area contributed by atoms with Crippen molar-refractivity contribution in [2.24, 2.45) is 0 Å². The smallest absolute Gasteiger partial charge is 0.387 e. The molecule has 0 radical (unpaired) electrons. The van der Waals surface area contributed by atoms with Crippen LogP contribution < -0.4 is 5.32 Å².